The number of hydrogen-bond donors (Lipinski definition) is 1. The van der Waals surface area contributed by atoms with Crippen LogP contribution in [0.3, 0.4) is 0 Å². The topological polar surface area (TPSA) is 86.8 Å². The fourth-order valence-corrected chi connectivity index (χ4v) is 4.04. The minimum absolute atomic E-state index is 0.0208. The zero-order valence-corrected chi connectivity index (χ0v) is 19.4. The number of carbonyl (C=O) groups excluding carboxylic acids is 2. The first kappa shape index (κ1) is 25.5. The van der Waals surface area contributed by atoms with Gasteiger partial charge in [0.2, 0.25) is 21.8 Å². The molecule has 0 heterocycles. The first-order valence-corrected chi connectivity index (χ1v) is 11.9. The maximum atomic E-state index is 13.7. The summed E-state index contributed by atoms with van der Waals surface area (Å²) in [5.74, 6) is -3.54. The highest BCUT2D eigenvalue weighted by Gasteiger charge is 2.30. The Bertz CT molecular complexity index is 1100. The molecule has 0 aliphatic heterocycles. The predicted molar refractivity (Wildman–Crippen MR) is 119 cm³/mol. The summed E-state index contributed by atoms with van der Waals surface area (Å²) in [7, 11) is -4.04. The molecule has 0 saturated heterocycles. The molecule has 1 atom stereocenters. The third-order valence-corrected chi connectivity index (χ3v) is 6.01. The van der Waals surface area contributed by atoms with E-state index in [0.29, 0.717) is 27.5 Å². The lowest BCUT2D eigenvalue weighted by Gasteiger charge is -2.31. The Morgan fingerprint density at radius 1 is 1.12 bits per heavy atom. The van der Waals surface area contributed by atoms with Crippen molar-refractivity contribution in [3.05, 3.63) is 64.7 Å². The second-order valence-electron chi connectivity index (χ2n) is 7.09. The molecule has 0 aromatic heterocycles. The lowest BCUT2D eigenvalue weighted by atomic mass is 10.1. The average molecular weight is 488 g/mol. The van der Waals surface area contributed by atoms with Crippen LogP contribution in [0.15, 0.2) is 42.5 Å². The molecule has 174 valence electrons. The van der Waals surface area contributed by atoms with Crippen LogP contribution in [0.25, 0.3) is 0 Å². The van der Waals surface area contributed by atoms with Gasteiger partial charge in [-0.25, -0.2) is 17.2 Å². The van der Waals surface area contributed by atoms with Gasteiger partial charge in [0.25, 0.3) is 0 Å². The Labute approximate surface area is 191 Å². The number of nitrogens with zero attached hydrogens (tertiary/aromatic N) is 2. The molecule has 0 radical (unpaired) electrons. The minimum Gasteiger partial charge on any atom is -0.355 e. The Balaban J connectivity index is 2.40. The van der Waals surface area contributed by atoms with E-state index in [2.05, 4.69) is 5.32 Å². The van der Waals surface area contributed by atoms with Crippen LogP contribution in [0.4, 0.5) is 14.5 Å². The van der Waals surface area contributed by atoms with E-state index in [1.807, 2.05) is 0 Å². The van der Waals surface area contributed by atoms with E-state index < -0.39 is 46.1 Å². The Hall–Kier alpha value is -2.72. The molecule has 0 aliphatic rings. The first-order valence-electron chi connectivity index (χ1n) is 9.68. The molecule has 0 unspecified atom stereocenters. The van der Waals surface area contributed by atoms with Gasteiger partial charge in [-0.1, -0.05) is 23.7 Å². The minimum atomic E-state index is -4.04. The van der Waals surface area contributed by atoms with Crippen LogP contribution < -0.4 is 9.62 Å². The fraction of sp³-hybridized carbons (Fsp3) is 0.333. The summed E-state index contributed by atoms with van der Waals surface area (Å²) in [6, 6.07) is 8.25. The molecule has 0 aliphatic carbocycles. The SMILES string of the molecule is CCNC(=O)[C@@H](C)N(Cc1cccc(Cl)c1)C(=O)CN(c1ccc(F)c(F)c1)S(C)(=O)=O. The molecule has 2 aromatic rings. The number of likely N-dealkylation sites (N-methyl/N-ethyl adjacent to an activating group) is 1. The summed E-state index contributed by atoms with van der Waals surface area (Å²) in [4.78, 5) is 26.8. The summed E-state index contributed by atoms with van der Waals surface area (Å²) in [5.41, 5.74) is 0.411. The average Bonchev–Trinajstić information content (AvgIpc) is 2.71. The van der Waals surface area contributed by atoms with Crippen molar-refractivity contribution >= 4 is 39.1 Å². The largest absolute Gasteiger partial charge is 0.355 e. The molecule has 1 N–H and O–H groups in total. The van der Waals surface area contributed by atoms with Gasteiger partial charge in [-0.05, 0) is 43.7 Å². The van der Waals surface area contributed by atoms with Gasteiger partial charge in [-0.2, -0.15) is 0 Å². The van der Waals surface area contributed by atoms with Crippen molar-refractivity contribution in [2.24, 2.45) is 0 Å². The fourth-order valence-electron chi connectivity index (χ4n) is 2.99. The number of sulfonamides is 1. The summed E-state index contributed by atoms with van der Waals surface area (Å²) in [6.07, 6.45) is 0.843. The van der Waals surface area contributed by atoms with Crippen LogP contribution in [0.5, 0.6) is 0 Å². The molecule has 32 heavy (non-hydrogen) atoms. The van der Waals surface area contributed by atoms with E-state index in [-0.39, 0.29) is 12.2 Å². The van der Waals surface area contributed by atoms with Gasteiger partial charge in [0, 0.05) is 24.2 Å². The molecular formula is C21H24ClF2N3O4S. The second-order valence-corrected chi connectivity index (χ2v) is 9.43. The van der Waals surface area contributed by atoms with Gasteiger partial charge < -0.3 is 10.2 Å². The normalized spacial score (nSPS) is 12.2. The van der Waals surface area contributed by atoms with Gasteiger partial charge in [0.15, 0.2) is 11.6 Å². The number of rotatable bonds is 9. The first-order chi connectivity index (χ1) is 14.9. The maximum Gasteiger partial charge on any atom is 0.244 e. The summed E-state index contributed by atoms with van der Waals surface area (Å²) in [5, 5.41) is 3.06. The lowest BCUT2D eigenvalue weighted by molar-refractivity contribution is -0.139. The quantitative estimate of drug-likeness (QED) is 0.589. The Kier molecular flexibility index (Phi) is 8.57. The molecule has 0 saturated carbocycles. The van der Waals surface area contributed by atoms with E-state index >= 15 is 0 Å². The smallest absolute Gasteiger partial charge is 0.244 e. The number of amides is 2. The number of halogens is 3. The van der Waals surface area contributed by atoms with Gasteiger partial charge >= 0.3 is 0 Å². The molecule has 2 rings (SSSR count). The number of hydrogen-bond acceptors (Lipinski definition) is 4. The van der Waals surface area contributed by atoms with Crippen molar-refractivity contribution in [3.63, 3.8) is 0 Å². The highest BCUT2D eigenvalue weighted by molar-refractivity contribution is 7.92. The third kappa shape index (κ3) is 6.64. The summed E-state index contributed by atoms with van der Waals surface area (Å²) in [6.45, 7) is 2.84. The van der Waals surface area contributed by atoms with Crippen LogP contribution in [0.1, 0.15) is 19.4 Å². The number of benzene rings is 2. The van der Waals surface area contributed by atoms with Gasteiger partial charge in [-0.3, -0.25) is 13.9 Å². The van der Waals surface area contributed by atoms with E-state index in [0.717, 1.165) is 18.4 Å². The van der Waals surface area contributed by atoms with Crippen molar-refractivity contribution in [3.8, 4) is 0 Å². The molecule has 2 aromatic carbocycles. The molecule has 2 amide bonds. The molecule has 0 spiro atoms. The zero-order valence-electron chi connectivity index (χ0n) is 17.8. The summed E-state index contributed by atoms with van der Waals surface area (Å²) < 4.78 is 52.4. The zero-order chi connectivity index (χ0) is 24.1. The Morgan fingerprint density at radius 2 is 1.81 bits per heavy atom. The predicted octanol–water partition coefficient (Wildman–Crippen LogP) is 2.94. The van der Waals surface area contributed by atoms with Crippen molar-refractivity contribution in [2.75, 3.05) is 23.7 Å². The van der Waals surface area contributed by atoms with Crippen molar-refractivity contribution in [1.29, 1.82) is 0 Å². The van der Waals surface area contributed by atoms with E-state index in [9.17, 15) is 26.8 Å². The molecular weight excluding hydrogens is 464 g/mol. The second kappa shape index (κ2) is 10.7. The molecule has 0 bridgehead atoms. The third-order valence-electron chi connectivity index (χ3n) is 4.63. The van der Waals surface area contributed by atoms with Crippen LogP contribution in [-0.4, -0.2) is 50.5 Å². The van der Waals surface area contributed by atoms with Crippen LogP contribution in [0.2, 0.25) is 5.02 Å². The monoisotopic (exact) mass is 487 g/mol. The highest BCUT2D eigenvalue weighted by atomic mass is 35.5. The van der Waals surface area contributed by atoms with Crippen molar-refractivity contribution in [1.82, 2.24) is 10.2 Å². The van der Waals surface area contributed by atoms with Crippen molar-refractivity contribution < 1.29 is 26.8 Å². The van der Waals surface area contributed by atoms with Gasteiger partial charge in [0.05, 0.1) is 11.9 Å². The lowest BCUT2D eigenvalue weighted by Crippen LogP contribution is -2.51. The molecule has 7 nitrogen and oxygen atoms in total. The van der Waals surface area contributed by atoms with Crippen LogP contribution >= 0.6 is 11.6 Å². The van der Waals surface area contributed by atoms with E-state index in [4.69, 9.17) is 11.6 Å². The van der Waals surface area contributed by atoms with E-state index in [1.54, 1.807) is 31.2 Å². The number of anilines is 1. The molecule has 11 heteroatoms. The molecule has 0 fully saturated rings. The van der Waals surface area contributed by atoms with Crippen LogP contribution in [-0.2, 0) is 26.2 Å². The highest BCUT2D eigenvalue weighted by Crippen LogP contribution is 2.22. The standard InChI is InChI=1S/C21H24ClF2N3O4S/c1-4-25-21(29)14(2)26(12-15-6-5-7-16(22)10-15)20(28)13-27(32(3,30)31)17-8-9-18(23)19(24)11-17/h5-11,14H,4,12-13H2,1-3H3,(H,25,29)/t14-/m1/s1. The van der Waals surface area contributed by atoms with Crippen LogP contribution in [0, 0.1) is 11.6 Å². The maximum absolute atomic E-state index is 13.7. The number of nitrogens with one attached hydrogen (secondary N) is 1. The van der Waals surface area contributed by atoms with Gasteiger partial charge in [0.1, 0.15) is 12.6 Å². The van der Waals surface area contributed by atoms with Crippen molar-refractivity contribution in [2.45, 2.75) is 26.4 Å². The van der Waals surface area contributed by atoms with E-state index in [1.165, 1.54) is 11.8 Å². The number of carbonyl (C=O) groups is 2. The Morgan fingerprint density at radius 3 is 2.38 bits per heavy atom. The summed E-state index contributed by atoms with van der Waals surface area (Å²) >= 11 is 6.02. The van der Waals surface area contributed by atoms with Gasteiger partial charge in [-0.15, -0.1) is 0 Å².